The Morgan fingerprint density at radius 3 is 2.36 bits per heavy atom. The predicted octanol–water partition coefficient (Wildman–Crippen LogP) is 3.75. The third kappa shape index (κ3) is 6.86. The summed E-state index contributed by atoms with van der Waals surface area (Å²) in [7, 11) is 0. The minimum absolute atomic E-state index is 0.0413. The Morgan fingerprint density at radius 1 is 0.861 bits per heavy atom. The third-order valence-electron chi connectivity index (χ3n) is 7.84. The van der Waals surface area contributed by atoms with Gasteiger partial charge in [-0.05, 0) is 44.1 Å². The van der Waals surface area contributed by atoms with E-state index in [1.54, 1.807) is 4.90 Å². The number of nitrogens with zero attached hydrogens (tertiary/aromatic N) is 2. The molecule has 2 aliphatic carbocycles. The number of imide groups is 1. The molecular formula is C28H40N4O4. The lowest BCUT2D eigenvalue weighted by molar-refractivity contribution is -0.142. The van der Waals surface area contributed by atoms with Gasteiger partial charge >= 0.3 is 6.03 Å². The molecule has 1 aromatic rings. The molecule has 0 aromatic heterocycles. The summed E-state index contributed by atoms with van der Waals surface area (Å²) in [6.07, 6.45) is 10.7. The second kappa shape index (κ2) is 12.9. The lowest BCUT2D eigenvalue weighted by atomic mass is 9.81. The fourth-order valence-electron chi connectivity index (χ4n) is 5.86. The molecule has 1 aliphatic heterocycles. The van der Waals surface area contributed by atoms with Gasteiger partial charge in [0, 0.05) is 31.6 Å². The number of hydrogen-bond donors (Lipinski definition) is 2. The topological polar surface area (TPSA) is 98.8 Å². The zero-order chi connectivity index (χ0) is 25.3. The van der Waals surface area contributed by atoms with Crippen LogP contribution in [0.4, 0.5) is 4.79 Å². The molecule has 8 nitrogen and oxygen atoms in total. The average Bonchev–Trinajstić information content (AvgIpc) is 2.90. The van der Waals surface area contributed by atoms with Gasteiger partial charge in [0.25, 0.3) is 0 Å². The van der Waals surface area contributed by atoms with Crippen molar-refractivity contribution in [2.24, 2.45) is 5.92 Å². The van der Waals surface area contributed by atoms with Crippen molar-refractivity contribution in [3.05, 3.63) is 35.9 Å². The van der Waals surface area contributed by atoms with Crippen molar-refractivity contribution in [1.29, 1.82) is 0 Å². The van der Waals surface area contributed by atoms with Gasteiger partial charge in [0.1, 0.15) is 6.54 Å². The summed E-state index contributed by atoms with van der Waals surface area (Å²) in [5.41, 5.74) is 0.996. The minimum Gasteiger partial charge on any atom is -0.353 e. The molecule has 4 rings (SSSR count). The van der Waals surface area contributed by atoms with Gasteiger partial charge < -0.3 is 15.5 Å². The normalized spacial score (nSPS) is 22.8. The zero-order valence-electron chi connectivity index (χ0n) is 21.3. The van der Waals surface area contributed by atoms with E-state index < -0.39 is 0 Å². The van der Waals surface area contributed by atoms with Gasteiger partial charge in [-0.15, -0.1) is 0 Å². The van der Waals surface area contributed by atoms with Crippen LogP contribution in [0, 0.1) is 5.92 Å². The molecule has 2 N–H and O–H groups in total. The molecular weight excluding hydrogens is 456 g/mol. The van der Waals surface area contributed by atoms with E-state index in [0.29, 0.717) is 38.4 Å². The zero-order valence-corrected chi connectivity index (χ0v) is 21.3. The van der Waals surface area contributed by atoms with Crippen LogP contribution in [0.2, 0.25) is 0 Å². The number of carbonyl (C=O) groups is 4. The summed E-state index contributed by atoms with van der Waals surface area (Å²) in [6.45, 7) is 0.654. The van der Waals surface area contributed by atoms with Crippen LogP contribution in [0.5, 0.6) is 0 Å². The molecule has 2 unspecified atom stereocenters. The maximum Gasteiger partial charge on any atom is 0.327 e. The standard InChI is InChI=1S/C28H40N4O4/c33-25(30-22-13-5-2-6-14-22)17-9-10-18-31-27(35)23-15-7-8-16-24(23)32(28(31)36)20-26(34)29-19-21-11-3-1-4-12-21/h1,3-4,11-12,22-24H,2,5-10,13-20H2,(H,29,34)(H,30,33). The van der Waals surface area contributed by atoms with Crippen LogP contribution in [0.1, 0.15) is 82.6 Å². The smallest absolute Gasteiger partial charge is 0.327 e. The Kier molecular flexibility index (Phi) is 9.36. The van der Waals surface area contributed by atoms with Crippen LogP contribution in [0.3, 0.4) is 0 Å². The maximum atomic E-state index is 13.4. The Labute approximate surface area is 214 Å². The van der Waals surface area contributed by atoms with Crippen molar-refractivity contribution in [1.82, 2.24) is 20.4 Å². The van der Waals surface area contributed by atoms with Crippen molar-refractivity contribution >= 4 is 23.8 Å². The number of benzene rings is 1. The summed E-state index contributed by atoms with van der Waals surface area (Å²) in [5, 5.41) is 6.03. The lowest BCUT2D eigenvalue weighted by Crippen LogP contribution is -2.63. The summed E-state index contributed by atoms with van der Waals surface area (Å²) in [6, 6.07) is 9.37. The summed E-state index contributed by atoms with van der Waals surface area (Å²) >= 11 is 0. The number of unbranched alkanes of at least 4 members (excludes halogenated alkanes) is 1. The van der Waals surface area contributed by atoms with Crippen LogP contribution >= 0.6 is 0 Å². The van der Waals surface area contributed by atoms with Crippen LogP contribution < -0.4 is 10.6 Å². The third-order valence-corrected chi connectivity index (χ3v) is 7.84. The summed E-state index contributed by atoms with van der Waals surface area (Å²) in [4.78, 5) is 54.6. The number of fused-ring (bicyclic) bond motifs is 1. The van der Waals surface area contributed by atoms with Gasteiger partial charge in [-0.25, -0.2) is 4.79 Å². The first-order chi connectivity index (χ1) is 17.5. The first kappa shape index (κ1) is 26.2. The molecule has 2 saturated carbocycles. The van der Waals surface area contributed by atoms with E-state index in [1.165, 1.54) is 24.2 Å². The van der Waals surface area contributed by atoms with Crippen LogP contribution in [-0.4, -0.2) is 58.7 Å². The van der Waals surface area contributed by atoms with E-state index in [2.05, 4.69) is 10.6 Å². The SMILES string of the molecule is O=C(CN1C(=O)N(CCCCC(=O)NC2CCCCC2)C(=O)C2CCCCC21)NCc1ccccc1. The van der Waals surface area contributed by atoms with Gasteiger partial charge in [0.15, 0.2) is 0 Å². The van der Waals surface area contributed by atoms with Crippen LogP contribution in [0.25, 0.3) is 0 Å². The molecule has 1 heterocycles. The van der Waals surface area contributed by atoms with E-state index in [0.717, 1.165) is 44.1 Å². The number of rotatable bonds is 10. The van der Waals surface area contributed by atoms with E-state index in [4.69, 9.17) is 0 Å². The van der Waals surface area contributed by atoms with E-state index in [9.17, 15) is 19.2 Å². The molecule has 1 aromatic carbocycles. The van der Waals surface area contributed by atoms with Crippen molar-refractivity contribution in [2.45, 2.75) is 95.7 Å². The fourth-order valence-corrected chi connectivity index (χ4v) is 5.86. The van der Waals surface area contributed by atoms with E-state index in [1.807, 2.05) is 30.3 Å². The first-order valence-corrected chi connectivity index (χ1v) is 13.7. The molecule has 0 radical (unpaired) electrons. The second-order valence-corrected chi connectivity index (χ2v) is 10.5. The summed E-state index contributed by atoms with van der Waals surface area (Å²) in [5.74, 6) is -0.516. The Hall–Kier alpha value is -2.90. The number of amides is 5. The fraction of sp³-hybridized carbons (Fsp3) is 0.643. The van der Waals surface area contributed by atoms with Crippen molar-refractivity contribution in [2.75, 3.05) is 13.1 Å². The molecule has 1 saturated heterocycles. The Bertz CT molecular complexity index is 915. The highest BCUT2D eigenvalue weighted by molar-refractivity contribution is 6.00. The highest BCUT2D eigenvalue weighted by Crippen LogP contribution is 2.34. The lowest BCUT2D eigenvalue weighted by Gasteiger charge is -2.46. The van der Waals surface area contributed by atoms with Crippen LogP contribution in [-0.2, 0) is 20.9 Å². The number of nitrogens with one attached hydrogen (secondary N) is 2. The maximum absolute atomic E-state index is 13.4. The van der Waals surface area contributed by atoms with Gasteiger partial charge in [0.05, 0.1) is 5.92 Å². The average molecular weight is 497 g/mol. The van der Waals surface area contributed by atoms with Gasteiger partial charge in [-0.3, -0.25) is 19.3 Å². The highest BCUT2D eigenvalue weighted by atomic mass is 16.2. The Morgan fingerprint density at radius 2 is 1.58 bits per heavy atom. The molecule has 3 aliphatic rings. The quantitative estimate of drug-likeness (QED) is 0.482. The van der Waals surface area contributed by atoms with Gasteiger partial charge in [-0.1, -0.05) is 62.4 Å². The molecule has 0 bridgehead atoms. The Balaban J connectivity index is 1.29. The van der Waals surface area contributed by atoms with Gasteiger partial charge in [0.2, 0.25) is 17.7 Å². The molecule has 196 valence electrons. The molecule has 5 amide bonds. The monoisotopic (exact) mass is 496 g/mol. The first-order valence-electron chi connectivity index (χ1n) is 13.7. The number of urea groups is 1. The van der Waals surface area contributed by atoms with Crippen molar-refractivity contribution in [3.63, 3.8) is 0 Å². The minimum atomic E-state index is -0.371. The number of hydrogen-bond acceptors (Lipinski definition) is 4. The largest absolute Gasteiger partial charge is 0.353 e. The summed E-state index contributed by atoms with van der Waals surface area (Å²) < 4.78 is 0. The number of carbonyl (C=O) groups excluding carboxylic acids is 4. The predicted molar refractivity (Wildman–Crippen MR) is 137 cm³/mol. The highest BCUT2D eigenvalue weighted by Gasteiger charge is 2.47. The second-order valence-electron chi connectivity index (χ2n) is 10.5. The van der Waals surface area contributed by atoms with Crippen molar-refractivity contribution in [3.8, 4) is 0 Å². The van der Waals surface area contributed by atoms with Crippen molar-refractivity contribution < 1.29 is 19.2 Å². The molecule has 3 fully saturated rings. The van der Waals surface area contributed by atoms with E-state index in [-0.39, 0.29) is 42.3 Å². The van der Waals surface area contributed by atoms with E-state index >= 15 is 0 Å². The molecule has 0 spiro atoms. The molecule has 36 heavy (non-hydrogen) atoms. The van der Waals surface area contributed by atoms with Crippen LogP contribution in [0.15, 0.2) is 30.3 Å². The van der Waals surface area contributed by atoms with Gasteiger partial charge in [-0.2, -0.15) is 0 Å². The molecule has 2 atom stereocenters. The molecule has 8 heteroatoms.